The Labute approximate surface area is 31.9 Å². The fourth-order valence-electron chi connectivity index (χ4n) is 0.240. The van der Waals surface area contributed by atoms with Gasteiger partial charge in [0, 0.05) is 13.1 Å². The zero-order chi connectivity index (χ0) is 3.70. The molecule has 0 bridgehead atoms. The second-order valence-electron chi connectivity index (χ2n) is 1.22. The molecule has 1 aliphatic heterocycles. The molecule has 1 heterocycles. The highest BCUT2D eigenvalue weighted by Gasteiger charge is 2.08. The van der Waals surface area contributed by atoms with Crippen LogP contribution in [-0.2, 0) is 0 Å². The standard InChI is InChI=1S/C4H7N/c1-2-5-3-4-5/h2H,1,3-4H2. The van der Waals surface area contributed by atoms with Crippen LogP contribution in [0.4, 0.5) is 0 Å². The van der Waals surface area contributed by atoms with Gasteiger partial charge in [-0.1, -0.05) is 6.58 Å². The lowest BCUT2D eigenvalue weighted by atomic mass is 11.0. The molecular weight excluding hydrogens is 62.1 g/mol. The van der Waals surface area contributed by atoms with E-state index in [0.717, 1.165) is 0 Å². The molecule has 0 aromatic rings. The van der Waals surface area contributed by atoms with Crippen LogP contribution in [0, 0.1) is 0 Å². The molecule has 0 aromatic heterocycles. The van der Waals surface area contributed by atoms with E-state index in [0.29, 0.717) is 0 Å². The Bertz CT molecular complexity index is 45.6. The summed E-state index contributed by atoms with van der Waals surface area (Å²) in [6, 6.07) is 0. The Balaban J connectivity index is 2.21. The van der Waals surface area contributed by atoms with Gasteiger partial charge in [-0.3, -0.25) is 0 Å². The molecule has 1 saturated heterocycles. The fraction of sp³-hybridized carbons (Fsp3) is 0.500. The summed E-state index contributed by atoms with van der Waals surface area (Å²) in [5.74, 6) is 0. The maximum atomic E-state index is 3.55. The van der Waals surface area contributed by atoms with Gasteiger partial charge in [-0.15, -0.1) is 0 Å². The minimum Gasteiger partial charge on any atom is -0.374 e. The van der Waals surface area contributed by atoms with Crippen LogP contribution in [0.2, 0.25) is 0 Å². The highest BCUT2D eigenvalue weighted by Crippen LogP contribution is 1.99. The summed E-state index contributed by atoms with van der Waals surface area (Å²) in [4.78, 5) is 2.14. The normalized spacial score (nSPS) is 18.8. The summed E-state index contributed by atoms with van der Waals surface area (Å²) in [7, 11) is 0. The van der Waals surface area contributed by atoms with Crippen molar-refractivity contribution in [2.75, 3.05) is 13.1 Å². The Morgan fingerprint density at radius 3 is 2.20 bits per heavy atom. The molecule has 0 radical (unpaired) electrons. The van der Waals surface area contributed by atoms with Gasteiger partial charge in [0.2, 0.25) is 0 Å². The molecule has 5 heavy (non-hydrogen) atoms. The predicted octanol–water partition coefficient (Wildman–Crippen LogP) is 0.446. The molecule has 0 saturated carbocycles. The highest BCUT2D eigenvalue weighted by atomic mass is 15.2. The molecule has 0 aromatic carbocycles. The minimum absolute atomic E-state index is 1.23. The third kappa shape index (κ3) is 0.407. The second kappa shape index (κ2) is 0.744. The van der Waals surface area contributed by atoms with Gasteiger partial charge in [-0.05, 0) is 6.20 Å². The number of hydrogen-bond donors (Lipinski definition) is 0. The van der Waals surface area contributed by atoms with Gasteiger partial charge in [0.25, 0.3) is 0 Å². The predicted molar refractivity (Wildman–Crippen MR) is 21.8 cm³/mol. The SMILES string of the molecule is C=CN1CC1. The summed E-state index contributed by atoms with van der Waals surface area (Å²) in [5.41, 5.74) is 0. The maximum Gasteiger partial charge on any atom is 0.0349 e. The monoisotopic (exact) mass is 69.1 g/mol. The van der Waals surface area contributed by atoms with E-state index in [1.165, 1.54) is 13.1 Å². The van der Waals surface area contributed by atoms with E-state index in [1.54, 1.807) is 0 Å². The number of rotatable bonds is 1. The third-order valence-corrected chi connectivity index (χ3v) is 0.740. The van der Waals surface area contributed by atoms with Crippen LogP contribution in [-0.4, -0.2) is 18.0 Å². The van der Waals surface area contributed by atoms with Crippen molar-refractivity contribution in [2.24, 2.45) is 0 Å². The minimum atomic E-state index is 1.23. The topological polar surface area (TPSA) is 3.01 Å². The van der Waals surface area contributed by atoms with Crippen LogP contribution >= 0.6 is 0 Å². The molecule has 0 atom stereocenters. The molecule has 1 nitrogen and oxygen atoms in total. The van der Waals surface area contributed by atoms with Crippen LogP contribution in [0.25, 0.3) is 0 Å². The molecule has 1 fully saturated rings. The van der Waals surface area contributed by atoms with E-state index in [4.69, 9.17) is 0 Å². The van der Waals surface area contributed by atoms with Crippen molar-refractivity contribution < 1.29 is 0 Å². The summed E-state index contributed by atoms with van der Waals surface area (Å²) in [6.45, 7) is 6.00. The van der Waals surface area contributed by atoms with Crippen LogP contribution < -0.4 is 0 Å². The van der Waals surface area contributed by atoms with Crippen LogP contribution in [0.1, 0.15) is 0 Å². The van der Waals surface area contributed by atoms with Gasteiger partial charge in [-0.2, -0.15) is 0 Å². The lowest BCUT2D eigenvalue weighted by molar-refractivity contribution is 0.776. The second-order valence-corrected chi connectivity index (χ2v) is 1.22. The molecule has 1 heteroatoms. The van der Waals surface area contributed by atoms with Crippen molar-refractivity contribution in [3.8, 4) is 0 Å². The summed E-state index contributed by atoms with van der Waals surface area (Å²) in [6.07, 6.45) is 1.86. The average Bonchev–Trinajstić information content (AvgIpc) is 2.12. The van der Waals surface area contributed by atoms with Crippen molar-refractivity contribution in [2.45, 2.75) is 0 Å². The molecule has 0 amide bonds. The van der Waals surface area contributed by atoms with Crippen molar-refractivity contribution in [3.63, 3.8) is 0 Å². The first-order chi connectivity index (χ1) is 2.43. The van der Waals surface area contributed by atoms with Gasteiger partial charge in [0.1, 0.15) is 0 Å². The molecule has 28 valence electrons. The van der Waals surface area contributed by atoms with E-state index >= 15 is 0 Å². The zero-order valence-electron chi connectivity index (χ0n) is 3.15. The van der Waals surface area contributed by atoms with Crippen molar-refractivity contribution in [1.82, 2.24) is 4.90 Å². The first kappa shape index (κ1) is 2.76. The summed E-state index contributed by atoms with van der Waals surface area (Å²) < 4.78 is 0. The molecular formula is C4H7N. The smallest absolute Gasteiger partial charge is 0.0349 e. The Morgan fingerprint density at radius 2 is 2.20 bits per heavy atom. The van der Waals surface area contributed by atoms with Crippen LogP contribution in [0.3, 0.4) is 0 Å². The Hall–Kier alpha value is -0.460. The first-order valence-electron chi connectivity index (χ1n) is 1.80. The highest BCUT2D eigenvalue weighted by molar-refractivity contribution is 4.82. The summed E-state index contributed by atoms with van der Waals surface area (Å²) >= 11 is 0. The number of hydrogen-bond acceptors (Lipinski definition) is 1. The molecule has 1 aliphatic rings. The quantitative estimate of drug-likeness (QED) is 0.404. The molecule has 1 rings (SSSR count). The first-order valence-corrected chi connectivity index (χ1v) is 1.80. The lowest BCUT2D eigenvalue weighted by Gasteiger charge is -1.77. The van der Waals surface area contributed by atoms with E-state index in [-0.39, 0.29) is 0 Å². The van der Waals surface area contributed by atoms with Crippen molar-refractivity contribution >= 4 is 0 Å². The number of nitrogens with zero attached hydrogens (tertiary/aromatic N) is 1. The van der Waals surface area contributed by atoms with E-state index < -0.39 is 0 Å². The van der Waals surface area contributed by atoms with E-state index in [1.807, 2.05) is 6.20 Å². The van der Waals surface area contributed by atoms with Gasteiger partial charge < -0.3 is 4.90 Å². The third-order valence-electron chi connectivity index (χ3n) is 0.740. The van der Waals surface area contributed by atoms with Gasteiger partial charge in [0.05, 0.1) is 0 Å². The largest absolute Gasteiger partial charge is 0.374 e. The Kier molecular flexibility index (Phi) is 0.411. The molecule has 0 spiro atoms. The molecule has 0 unspecified atom stereocenters. The summed E-state index contributed by atoms with van der Waals surface area (Å²) in [5, 5.41) is 0. The molecule has 0 N–H and O–H groups in total. The maximum absolute atomic E-state index is 3.55. The molecule has 0 aliphatic carbocycles. The van der Waals surface area contributed by atoms with Crippen LogP contribution in [0.15, 0.2) is 12.8 Å². The fourth-order valence-corrected chi connectivity index (χ4v) is 0.240. The van der Waals surface area contributed by atoms with Gasteiger partial charge in [0.15, 0.2) is 0 Å². The van der Waals surface area contributed by atoms with Crippen molar-refractivity contribution in [3.05, 3.63) is 12.8 Å². The zero-order valence-corrected chi connectivity index (χ0v) is 3.15. The van der Waals surface area contributed by atoms with Gasteiger partial charge >= 0.3 is 0 Å². The van der Waals surface area contributed by atoms with Crippen LogP contribution in [0.5, 0.6) is 0 Å². The van der Waals surface area contributed by atoms with E-state index in [9.17, 15) is 0 Å². The van der Waals surface area contributed by atoms with Crippen molar-refractivity contribution in [1.29, 1.82) is 0 Å². The Morgan fingerprint density at radius 1 is 1.60 bits per heavy atom. The lowest BCUT2D eigenvalue weighted by Crippen LogP contribution is -1.73. The van der Waals surface area contributed by atoms with E-state index in [2.05, 4.69) is 11.5 Å². The average molecular weight is 69.1 g/mol. The van der Waals surface area contributed by atoms with Gasteiger partial charge in [-0.25, -0.2) is 0 Å².